The smallest absolute Gasteiger partial charge is 0.129 e. The molecule has 0 radical (unpaired) electrons. The van der Waals surface area contributed by atoms with E-state index < -0.39 is 11.6 Å². The van der Waals surface area contributed by atoms with Gasteiger partial charge in [0.05, 0.1) is 0 Å². The molecule has 88 valence electrons. The minimum atomic E-state index is -0.445. The van der Waals surface area contributed by atoms with Crippen molar-refractivity contribution in [3.05, 3.63) is 35.4 Å². The maximum Gasteiger partial charge on any atom is 0.129 e. The highest BCUT2D eigenvalue weighted by Gasteiger charge is 2.34. The quantitative estimate of drug-likeness (QED) is 0.840. The largest absolute Gasteiger partial charge is 0.330 e. The molecule has 2 rings (SSSR count). The van der Waals surface area contributed by atoms with Crippen LogP contribution in [-0.2, 0) is 6.42 Å². The number of hydrogen-bond donors (Lipinski definition) is 1. The molecular weight excluding hydrogens is 208 g/mol. The Kier molecular flexibility index (Phi) is 3.24. The van der Waals surface area contributed by atoms with Gasteiger partial charge in [-0.1, -0.05) is 18.9 Å². The zero-order valence-corrected chi connectivity index (χ0v) is 9.31. The monoisotopic (exact) mass is 225 g/mol. The summed E-state index contributed by atoms with van der Waals surface area (Å²) in [6.07, 6.45) is 4.64. The molecule has 0 amide bonds. The fourth-order valence-corrected chi connectivity index (χ4v) is 2.65. The molecule has 0 saturated heterocycles. The van der Waals surface area contributed by atoms with Crippen molar-refractivity contribution in [2.45, 2.75) is 32.1 Å². The van der Waals surface area contributed by atoms with Gasteiger partial charge in [0.2, 0.25) is 0 Å². The van der Waals surface area contributed by atoms with Gasteiger partial charge in [0, 0.05) is 5.56 Å². The second-order valence-electron chi connectivity index (χ2n) is 4.79. The first-order valence-corrected chi connectivity index (χ1v) is 5.80. The Morgan fingerprint density at radius 1 is 1.12 bits per heavy atom. The topological polar surface area (TPSA) is 26.0 Å². The summed E-state index contributed by atoms with van der Waals surface area (Å²) in [6.45, 7) is 0.515. The fraction of sp³-hybridized carbons (Fsp3) is 0.538. The summed E-state index contributed by atoms with van der Waals surface area (Å²) in [6, 6.07) is 4.03. The van der Waals surface area contributed by atoms with Gasteiger partial charge in [-0.3, -0.25) is 0 Å². The standard InChI is InChI=1S/C13H17F2N/c14-11-4-3-5-12(15)10(11)8-13(9-16)6-1-2-7-13/h3-5H,1-2,6-9,16H2. The van der Waals surface area contributed by atoms with Crippen molar-refractivity contribution >= 4 is 0 Å². The van der Waals surface area contributed by atoms with E-state index in [0.29, 0.717) is 13.0 Å². The molecule has 1 aliphatic carbocycles. The number of nitrogens with two attached hydrogens (primary N) is 1. The molecule has 0 aromatic heterocycles. The van der Waals surface area contributed by atoms with Gasteiger partial charge in [0.25, 0.3) is 0 Å². The van der Waals surface area contributed by atoms with Crippen LogP contribution in [0.15, 0.2) is 18.2 Å². The molecule has 1 nitrogen and oxygen atoms in total. The summed E-state index contributed by atoms with van der Waals surface area (Å²) in [5, 5.41) is 0. The highest BCUT2D eigenvalue weighted by Crippen LogP contribution is 2.40. The Hall–Kier alpha value is -0.960. The molecule has 2 N–H and O–H groups in total. The fourth-order valence-electron chi connectivity index (χ4n) is 2.65. The van der Waals surface area contributed by atoms with E-state index in [0.717, 1.165) is 25.7 Å². The van der Waals surface area contributed by atoms with Crippen LogP contribution in [0.1, 0.15) is 31.2 Å². The zero-order chi connectivity index (χ0) is 11.6. The molecule has 1 saturated carbocycles. The van der Waals surface area contributed by atoms with Crippen LogP contribution in [0.2, 0.25) is 0 Å². The maximum absolute atomic E-state index is 13.5. The molecule has 0 aliphatic heterocycles. The van der Waals surface area contributed by atoms with Gasteiger partial charge in [0.1, 0.15) is 11.6 Å². The van der Waals surface area contributed by atoms with Gasteiger partial charge in [-0.15, -0.1) is 0 Å². The van der Waals surface area contributed by atoms with E-state index in [4.69, 9.17) is 5.73 Å². The van der Waals surface area contributed by atoms with E-state index in [1.165, 1.54) is 18.2 Å². The third-order valence-electron chi connectivity index (χ3n) is 3.71. The lowest BCUT2D eigenvalue weighted by atomic mass is 9.80. The molecule has 3 heteroatoms. The summed E-state index contributed by atoms with van der Waals surface area (Å²) in [7, 11) is 0. The van der Waals surface area contributed by atoms with Crippen LogP contribution >= 0.6 is 0 Å². The highest BCUT2D eigenvalue weighted by molar-refractivity contribution is 5.21. The van der Waals surface area contributed by atoms with Crippen LogP contribution in [0.5, 0.6) is 0 Å². The van der Waals surface area contributed by atoms with Crippen LogP contribution < -0.4 is 5.73 Å². The Labute approximate surface area is 94.7 Å². The van der Waals surface area contributed by atoms with Crippen LogP contribution in [-0.4, -0.2) is 6.54 Å². The predicted octanol–water partition coefficient (Wildman–Crippen LogP) is 3.03. The summed E-state index contributed by atoms with van der Waals surface area (Å²) in [5.74, 6) is -0.889. The Bertz CT molecular complexity index is 350. The third-order valence-corrected chi connectivity index (χ3v) is 3.71. The lowest BCUT2D eigenvalue weighted by molar-refractivity contribution is 0.297. The molecular formula is C13H17F2N. The van der Waals surface area contributed by atoms with Crippen molar-refractivity contribution in [2.24, 2.45) is 11.1 Å². The first-order valence-electron chi connectivity index (χ1n) is 5.80. The van der Waals surface area contributed by atoms with Crippen molar-refractivity contribution in [1.29, 1.82) is 0 Å². The van der Waals surface area contributed by atoms with E-state index in [1.54, 1.807) is 0 Å². The average Bonchev–Trinajstić information content (AvgIpc) is 2.73. The lowest BCUT2D eigenvalue weighted by Gasteiger charge is -2.27. The van der Waals surface area contributed by atoms with E-state index >= 15 is 0 Å². The van der Waals surface area contributed by atoms with Gasteiger partial charge in [-0.05, 0) is 43.4 Å². The Morgan fingerprint density at radius 2 is 1.69 bits per heavy atom. The summed E-state index contributed by atoms with van der Waals surface area (Å²) >= 11 is 0. The van der Waals surface area contributed by atoms with E-state index in [1.807, 2.05) is 0 Å². The minimum absolute atomic E-state index is 0.0803. The van der Waals surface area contributed by atoms with Crippen molar-refractivity contribution in [3.63, 3.8) is 0 Å². The van der Waals surface area contributed by atoms with Crippen molar-refractivity contribution in [3.8, 4) is 0 Å². The second-order valence-corrected chi connectivity index (χ2v) is 4.79. The lowest BCUT2D eigenvalue weighted by Crippen LogP contribution is -2.30. The highest BCUT2D eigenvalue weighted by atomic mass is 19.1. The molecule has 0 unspecified atom stereocenters. The molecule has 1 aliphatic rings. The first kappa shape index (κ1) is 11.5. The van der Waals surface area contributed by atoms with Gasteiger partial charge >= 0.3 is 0 Å². The van der Waals surface area contributed by atoms with Crippen LogP contribution in [0.4, 0.5) is 8.78 Å². The van der Waals surface area contributed by atoms with Crippen LogP contribution in [0, 0.1) is 17.0 Å². The molecule has 0 heterocycles. The molecule has 0 spiro atoms. The summed E-state index contributed by atoms with van der Waals surface area (Å²) in [5.41, 5.74) is 5.90. The van der Waals surface area contributed by atoms with E-state index in [2.05, 4.69) is 0 Å². The van der Waals surface area contributed by atoms with E-state index in [-0.39, 0.29) is 11.0 Å². The molecule has 0 atom stereocenters. The Balaban J connectivity index is 2.25. The van der Waals surface area contributed by atoms with Gasteiger partial charge in [0.15, 0.2) is 0 Å². The second kappa shape index (κ2) is 4.50. The number of rotatable bonds is 3. The number of benzene rings is 1. The predicted molar refractivity (Wildman–Crippen MR) is 60.0 cm³/mol. The summed E-state index contributed by atoms with van der Waals surface area (Å²) in [4.78, 5) is 0. The molecule has 16 heavy (non-hydrogen) atoms. The number of halogens is 2. The van der Waals surface area contributed by atoms with Gasteiger partial charge in [-0.25, -0.2) is 8.78 Å². The average molecular weight is 225 g/mol. The van der Waals surface area contributed by atoms with E-state index in [9.17, 15) is 8.78 Å². The SMILES string of the molecule is NCC1(Cc2c(F)cccc2F)CCCC1. The van der Waals surface area contributed by atoms with Crippen molar-refractivity contribution in [1.82, 2.24) is 0 Å². The number of hydrogen-bond acceptors (Lipinski definition) is 1. The van der Waals surface area contributed by atoms with Crippen LogP contribution in [0.25, 0.3) is 0 Å². The molecule has 0 bridgehead atoms. The molecule has 1 fully saturated rings. The normalized spacial score (nSPS) is 18.9. The van der Waals surface area contributed by atoms with Gasteiger partial charge in [-0.2, -0.15) is 0 Å². The minimum Gasteiger partial charge on any atom is -0.330 e. The molecule has 1 aromatic carbocycles. The maximum atomic E-state index is 13.5. The zero-order valence-electron chi connectivity index (χ0n) is 9.31. The Morgan fingerprint density at radius 3 is 2.19 bits per heavy atom. The van der Waals surface area contributed by atoms with Crippen molar-refractivity contribution in [2.75, 3.05) is 6.54 Å². The van der Waals surface area contributed by atoms with Gasteiger partial charge < -0.3 is 5.73 Å². The molecule has 1 aromatic rings. The van der Waals surface area contributed by atoms with Crippen LogP contribution in [0.3, 0.4) is 0 Å². The third kappa shape index (κ3) is 2.09. The van der Waals surface area contributed by atoms with Crippen molar-refractivity contribution < 1.29 is 8.78 Å². The first-order chi connectivity index (χ1) is 7.67. The summed E-state index contributed by atoms with van der Waals surface area (Å²) < 4.78 is 27.1.